The van der Waals surface area contributed by atoms with E-state index in [0.717, 1.165) is 11.3 Å². The molecule has 0 aliphatic carbocycles. The molecule has 0 aliphatic rings. The number of methoxy groups -OCH3 is 2. The Morgan fingerprint density at radius 2 is 1.88 bits per heavy atom. The summed E-state index contributed by atoms with van der Waals surface area (Å²) in [6.45, 7) is 5.67. The molecule has 0 aliphatic heterocycles. The molecule has 0 spiro atoms. The van der Waals surface area contributed by atoms with E-state index in [4.69, 9.17) is 9.47 Å². The van der Waals surface area contributed by atoms with Crippen LogP contribution >= 0.6 is 0 Å². The first-order valence-electron chi connectivity index (χ1n) is 10.9. The quantitative estimate of drug-likeness (QED) is 0.451. The maximum Gasteiger partial charge on any atom is 0.293 e. The summed E-state index contributed by atoms with van der Waals surface area (Å²) >= 11 is 0. The first kappa shape index (κ1) is 23.0. The average molecular weight is 462 g/mol. The summed E-state index contributed by atoms with van der Waals surface area (Å²) in [6, 6.07) is 12.8. The summed E-state index contributed by atoms with van der Waals surface area (Å²) in [7, 11) is 3.05. The van der Waals surface area contributed by atoms with E-state index in [1.807, 2.05) is 45.0 Å². The van der Waals surface area contributed by atoms with Gasteiger partial charge in [-0.3, -0.25) is 9.59 Å². The van der Waals surface area contributed by atoms with Crippen molar-refractivity contribution in [2.45, 2.75) is 33.2 Å². The number of anilines is 1. The molecule has 1 N–H and O–H groups in total. The monoisotopic (exact) mass is 461 g/mol. The molecule has 2 heterocycles. The van der Waals surface area contributed by atoms with Gasteiger partial charge in [-0.05, 0) is 36.6 Å². The largest absolute Gasteiger partial charge is 0.497 e. The summed E-state index contributed by atoms with van der Waals surface area (Å²) in [5, 5.41) is 12.5. The first-order chi connectivity index (χ1) is 16.3. The molecule has 9 heteroatoms. The van der Waals surface area contributed by atoms with E-state index < -0.39 is 11.5 Å². The SMILES string of the molecule is COc1ccc(OC)c(NC(=O)Cn2nc(C(C)C)c3cnn(-c4ccccc4C)c3c2=O)c1. The number of nitrogens with one attached hydrogen (secondary N) is 1. The molecule has 1 amide bonds. The number of fused-ring (bicyclic) bond motifs is 1. The predicted octanol–water partition coefficient (Wildman–Crippen LogP) is 3.67. The number of hydrogen-bond donors (Lipinski definition) is 1. The minimum absolute atomic E-state index is 0.0189. The second kappa shape index (κ2) is 9.38. The number of hydrogen-bond acceptors (Lipinski definition) is 6. The zero-order valence-corrected chi connectivity index (χ0v) is 19.8. The molecule has 2 aromatic heterocycles. The summed E-state index contributed by atoms with van der Waals surface area (Å²) in [6.07, 6.45) is 1.66. The van der Waals surface area contributed by atoms with E-state index >= 15 is 0 Å². The topological polar surface area (TPSA) is 100 Å². The van der Waals surface area contributed by atoms with Crippen molar-refractivity contribution in [3.05, 3.63) is 70.3 Å². The molecule has 0 unspecified atom stereocenters. The normalized spacial score (nSPS) is 11.1. The second-order valence-electron chi connectivity index (χ2n) is 8.22. The Kier molecular flexibility index (Phi) is 6.36. The van der Waals surface area contributed by atoms with E-state index in [-0.39, 0.29) is 12.5 Å². The van der Waals surface area contributed by atoms with Crippen LogP contribution in [0.5, 0.6) is 11.5 Å². The molecule has 0 bridgehead atoms. The second-order valence-corrected chi connectivity index (χ2v) is 8.22. The third-order valence-electron chi connectivity index (χ3n) is 5.58. The van der Waals surface area contributed by atoms with Crippen LogP contribution in [0.25, 0.3) is 16.6 Å². The maximum atomic E-state index is 13.5. The van der Waals surface area contributed by atoms with Crippen LogP contribution in [0.1, 0.15) is 31.0 Å². The molecule has 2 aromatic carbocycles. The lowest BCUT2D eigenvalue weighted by molar-refractivity contribution is -0.117. The van der Waals surface area contributed by atoms with Gasteiger partial charge in [0.2, 0.25) is 5.91 Å². The van der Waals surface area contributed by atoms with Crippen molar-refractivity contribution in [3.8, 4) is 17.2 Å². The van der Waals surface area contributed by atoms with Crippen molar-refractivity contribution in [3.63, 3.8) is 0 Å². The molecule has 9 nitrogen and oxygen atoms in total. The Hall–Kier alpha value is -4.14. The van der Waals surface area contributed by atoms with Crippen LogP contribution in [-0.2, 0) is 11.3 Å². The third-order valence-corrected chi connectivity index (χ3v) is 5.58. The Morgan fingerprint density at radius 1 is 1.12 bits per heavy atom. The zero-order valence-electron chi connectivity index (χ0n) is 19.8. The Labute approximate surface area is 196 Å². The van der Waals surface area contributed by atoms with Gasteiger partial charge in [0.05, 0.1) is 37.5 Å². The van der Waals surface area contributed by atoms with Gasteiger partial charge in [-0.1, -0.05) is 32.0 Å². The van der Waals surface area contributed by atoms with E-state index in [2.05, 4.69) is 15.5 Å². The lowest BCUT2D eigenvalue weighted by Gasteiger charge is -2.14. The standard InChI is InChI=1S/C25H27N5O4/c1-15(2)23-18-13-26-30(20-9-7-6-8-16(20)3)24(18)25(32)29(28-23)14-22(31)27-19-12-17(33-4)10-11-21(19)34-5/h6-13,15H,14H2,1-5H3,(H,27,31). The number of rotatable bonds is 7. The first-order valence-corrected chi connectivity index (χ1v) is 10.9. The molecular formula is C25H27N5O4. The number of ether oxygens (including phenoxy) is 2. The fourth-order valence-electron chi connectivity index (χ4n) is 3.85. The molecule has 4 rings (SSSR count). The highest BCUT2D eigenvalue weighted by Crippen LogP contribution is 2.29. The average Bonchev–Trinajstić information content (AvgIpc) is 3.26. The van der Waals surface area contributed by atoms with Crippen molar-refractivity contribution < 1.29 is 14.3 Å². The van der Waals surface area contributed by atoms with Gasteiger partial charge in [0.15, 0.2) is 0 Å². The molecule has 4 aromatic rings. The summed E-state index contributed by atoms with van der Waals surface area (Å²) in [5.41, 5.74) is 2.90. The Bertz CT molecular complexity index is 1420. The van der Waals surface area contributed by atoms with Crippen LogP contribution in [0, 0.1) is 6.92 Å². The number of benzene rings is 2. The van der Waals surface area contributed by atoms with Crippen molar-refractivity contribution >= 4 is 22.5 Å². The molecule has 176 valence electrons. The fourth-order valence-corrected chi connectivity index (χ4v) is 3.85. The molecule has 34 heavy (non-hydrogen) atoms. The maximum absolute atomic E-state index is 13.5. The number of aryl methyl sites for hydroxylation is 1. The number of aromatic nitrogens is 4. The Morgan fingerprint density at radius 3 is 2.56 bits per heavy atom. The van der Waals surface area contributed by atoms with E-state index in [1.165, 1.54) is 18.9 Å². The zero-order chi connectivity index (χ0) is 24.4. The van der Waals surface area contributed by atoms with Gasteiger partial charge < -0.3 is 14.8 Å². The highest BCUT2D eigenvalue weighted by molar-refractivity contribution is 5.92. The van der Waals surface area contributed by atoms with Gasteiger partial charge in [-0.25, -0.2) is 9.36 Å². The fraction of sp³-hybridized carbons (Fsp3) is 0.280. The van der Waals surface area contributed by atoms with Crippen LogP contribution in [0.3, 0.4) is 0 Å². The highest BCUT2D eigenvalue weighted by atomic mass is 16.5. The molecule has 0 saturated carbocycles. The van der Waals surface area contributed by atoms with Gasteiger partial charge in [0.1, 0.15) is 23.6 Å². The third kappa shape index (κ3) is 4.24. The number of nitrogens with zero attached hydrogens (tertiary/aromatic N) is 4. The van der Waals surface area contributed by atoms with Crippen LogP contribution < -0.4 is 20.3 Å². The van der Waals surface area contributed by atoms with Gasteiger partial charge in [0, 0.05) is 11.5 Å². The highest BCUT2D eigenvalue weighted by Gasteiger charge is 2.21. The lowest BCUT2D eigenvalue weighted by Crippen LogP contribution is -2.31. The lowest BCUT2D eigenvalue weighted by atomic mass is 10.1. The smallest absolute Gasteiger partial charge is 0.293 e. The molecule has 0 fully saturated rings. The summed E-state index contributed by atoms with van der Waals surface area (Å²) in [4.78, 5) is 26.4. The van der Waals surface area contributed by atoms with Gasteiger partial charge >= 0.3 is 0 Å². The molecule has 0 saturated heterocycles. The number of para-hydroxylation sites is 1. The van der Waals surface area contributed by atoms with Crippen molar-refractivity contribution in [1.29, 1.82) is 0 Å². The summed E-state index contributed by atoms with van der Waals surface area (Å²) in [5.74, 6) is 0.644. The van der Waals surface area contributed by atoms with Crippen molar-refractivity contribution in [2.24, 2.45) is 0 Å². The Balaban J connectivity index is 1.77. The number of carbonyl (C=O) groups is 1. The van der Waals surface area contributed by atoms with Gasteiger partial charge in [-0.15, -0.1) is 0 Å². The minimum atomic E-state index is -0.419. The molecule has 0 radical (unpaired) electrons. The number of amides is 1. The molecule has 0 atom stereocenters. The predicted molar refractivity (Wildman–Crippen MR) is 130 cm³/mol. The summed E-state index contributed by atoms with van der Waals surface area (Å²) < 4.78 is 13.4. The van der Waals surface area contributed by atoms with Gasteiger partial charge in [0.25, 0.3) is 5.56 Å². The van der Waals surface area contributed by atoms with Crippen LogP contribution in [0.4, 0.5) is 5.69 Å². The minimum Gasteiger partial charge on any atom is -0.497 e. The van der Waals surface area contributed by atoms with E-state index in [9.17, 15) is 9.59 Å². The van der Waals surface area contributed by atoms with Crippen LogP contribution in [0.15, 0.2) is 53.5 Å². The van der Waals surface area contributed by atoms with Gasteiger partial charge in [-0.2, -0.15) is 10.2 Å². The van der Waals surface area contributed by atoms with E-state index in [1.54, 1.807) is 29.1 Å². The van der Waals surface area contributed by atoms with Crippen molar-refractivity contribution in [2.75, 3.05) is 19.5 Å². The number of carbonyl (C=O) groups excluding carboxylic acids is 1. The van der Waals surface area contributed by atoms with Crippen molar-refractivity contribution in [1.82, 2.24) is 19.6 Å². The van der Waals surface area contributed by atoms with E-state index in [0.29, 0.717) is 33.8 Å². The van der Waals surface area contributed by atoms with Crippen LogP contribution in [0.2, 0.25) is 0 Å². The molecular weight excluding hydrogens is 434 g/mol. The van der Waals surface area contributed by atoms with Crippen LogP contribution in [-0.4, -0.2) is 39.7 Å².